The Morgan fingerprint density at radius 2 is 1.96 bits per heavy atom. The van der Waals surface area contributed by atoms with Crippen LogP contribution in [-0.2, 0) is 22.7 Å². The number of rotatable bonds is 6. The minimum atomic E-state index is -0.601. The van der Waals surface area contributed by atoms with Crippen LogP contribution in [-0.4, -0.2) is 33.7 Å². The molecule has 27 heavy (non-hydrogen) atoms. The third-order valence-electron chi connectivity index (χ3n) is 4.46. The molecule has 0 fully saturated rings. The van der Waals surface area contributed by atoms with Gasteiger partial charge in [0.05, 0.1) is 18.3 Å². The largest absolute Gasteiger partial charge is 0.491 e. The monoisotopic (exact) mass is 370 g/mol. The van der Waals surface area contributed by atoms with Gasteiger partial charge in [-0.15, -0.1) is 0 Å². The quantitative estimate of drug-likeness (QED) is 0.847. The zero-order chi connectivity index (χ0) is 19.6. The van der Waals surface area contributed by atoms with Crippen LogP contribution >= 0.6 is 0 Å². The summed E-state index contributed by atoms with van der Waals surface area (Å²) < 4.78 is 7.41. The number of carbonyl (C=O) groups is 2. The van der Waals surface area contributed by atoms with Gasteiger partial charge in [0.2, 0.25) is 11.8 Å². The van der Waals surface area contributed by atoms with Crippen molar-refractivity contribution in [2.45, 2.75) is 59.4 Å². The number of carbonyl (C=O) groups excluding carboxylic acids is 2. The third-order valence-corrected chi connectivity index (χ3v) is 4.46. The average molecular weight is 370 g/mol. The Morgan fingerprint density at radius 1 is 1.26 bits per heavy atom. The molecule has 1 atom stereocenters. The second-order valence-electron chi connectivity index (χ2n) is 7.09. The predicted molar refractivity (Wildman–Crippen MR) is 103 cm³/mol. The number of nitrogens with zero attached hydrogens (tertiary/aromatic N) is 3. The number of nitrogens with one attached hydrogen (secondary N) is 1. The van der Waals surface area contributed by atoms with Gasteiger partial charge in [0.25, 0.3) is 0 Å². The zero-order valence-corrected chi connectivity index (χ0v) is 16.2. The van der Waals surface area contributed by atoms with E-state index in [1.54, 1.807) is 16.5 Å². The Hall–Kier alpha value is -2.83. The van der Waals surface area contributed by atoms with Crippen molar-refractivity contribution in [3.8, 4) is 5.75 Å². The van der Waals surface area contributed by atoms with Crippen LogP contribution in [0.1, 0.15) is 38.4 Å². The molecule has 0 aliphatic carbocycles. The molecule has 1 aliphatic rings. The highest BCUT2D eigenvalue weighted by molar-refractivity contribution is 6.00. The summed E-state index contributed by atoms with van der Waals surface area (Å²) in [5.41, 5.74) is 1.80. The lowest BCUT2D eigenvalue weighted by Gasteiger charge is -2.31. The van der Waals surface area contributed by atoms with Crippen molar-refractivity contribution >= 4 is 17.6 Å². The molecule has 0 spiro atoms. The number of aromatic nitrogens is 2. The number of fused-ring (bicyclic) bond motifs is 1. The topological polar surface area (TPSA) is 76.5 Å². The van der Waals surface area contributed by atoms with Crippen molar-refractivity contribution in [3.05, 3.63) is 41.6 Å². The Morgan fingerprint density at radius 3 is 2.63 bits per heavy atom. The van der Waals surface area contributed by atoms with Crippen LogP contribution in [0.15, 0.2) is 30.3 Å². The number of benzene rings is 1. The second-order valence-corrected chi connectivity index (χ2v) is 7.09. The fraction of sp³-hybridized carbons (Fsp3) is 0.450. The van der Waals surface area contributed by atoms with Gasteiger partial charge in [-0.2, -0.15) is 5.10 Å². The number of aryl methyl sites for hydroxylation is 2. The van der Waals surface area contributed by atoms with Crippen molar-refractivity contribution in [2.24, 2.45) is 0 Å². The lowest BCUT2D eigenvalue weighted by molar-refractivity contribution is -0.126. The summed E-state index contributed by atoms with van der Waals surface area (Å²) in [5.74, 6) is 1.23. The molecular weight excluding hydrogens is 344 g/mol. The molecule has 144 valence electrons. The summed E-state index contributed by atoms with van der Waals surface area (Å²) in [6.45, 7) is 8.52. The number of anilines is 1. The fourth-order valence-corrected chi connectivity index (χ4v) is 3.17. The van der Waals surface area contributed by atoms with Gasteiger partial charge in [-0.3, -0.25) is 14.5 Å². The van der Waals surface area contributed by atoms with E-state index in [4.69, 9.17) is 4.74 Å². The van der Waals surface area contributed by atoms with E-state index in [1.165, 1.54) is 0 Å². The Balaban J connectivity index is 1.63. The molecule has 2 amide bonds. The maximum atomic E-state index is 12.6. The first-order chi connectivity index (χ1) is 12.8. The summed E-state index contributed by atoms with van der Waals surface area (Å²) in [6, 6.07) is 8.87. The second kappa shape index (κ2) is 7.82. The van der Waals surface area contributed by atoms with E-state index in [-0.39, 0.29) is 17.9 Å². The Bertz CT molecular complexity index is 826. The first-order valence-corrected chi connectivity index (χ1v) is 9.25. The average Bonchev–Trinajstić information content (AvgIpc) is 3.00. The molecule has 0 radical (unpaired) electrons. The van der Waals surface area contributed by atoms with Gasteiger partial charge in [-0.1, -0.05) is 12.1 Å². The van der Waals surface area contributed by atoms with Gasteiger partial charge < -0.3 is 10.1 Å². The third kappa shape index (κ3) is 4.30. The zero-order valence-electron chi connectivity index (χ0n) is 16.2. The lowest BCUT2D eigenvalue weighted by Crippen LogP contribution is -2.50. The minimum absolute atomic E-state index is 0.0553. The summed E-state index contributed by atoms with van der Waals surface area (Å²) in [6.07, 6.45) is 0.471. The highest BCUT2D eigenvalue weighted by Gasteiger charge is 2.32. The first-order valence-electron chi connectivity index (χ1n) is 9.25. The molecule has 2 heterocycles. The molecule has 1 aromatic heterocycles. The molecule has 1 N–H and O–H groups in total. The first kappa shape index (κ1) is 18.9. The molecule has 7 nitrogen and oxygen atoms in total. The van der Waals surface area contributed by atoms with Crippen molar-refractivity contribution in [1.29, 1.82) is 0 Å². The molecule has 0 saturated heterocycles. The summed E-state index contributed by atoms with van der Waals surface area (Å²) in [5, 5.41) is 7.29. The van der Waals surface area contributed by atoms with Crippen LogP contribution in [0.5, 0.6) is 5.75 Å². The minimum Gasteiger partial charge on any atom is -0.491 e. The van der Waals surface area contributed by atoms with Crippen molar-refractivity contribution < 1.29 is 14.3 Å². The van der Waals surface area contributed by atoms with E-state index in [9.17, 15) is 9.59 Å². The maximum Gasteiger partial charge on any atom is 0.243 e. The van der Waals surface area contributed by atoms with E-state index in [2.05, 4.69) is 10.4 Å². The number of hydrogen-bond acceptors (Lipinski definition) is 4. The standard InChI is InChI=1S/C20H26N4O3/c1-13(2)27-17-7-5-16(6-8-17)12-21-20(26)15(4)24-18-11-14(3)22-23(18)10-9-19(24)25/h5-8,11,13,15H,9-10,12H2,1-4H3,(H,21,26)/t15-/m1/s1. The van der Waals surface area contributed by atoms with Crippen LogP contribution < -0.4 is 15.0 Å². The molecule has 2 aromatic rings. The predicted octanol–water partition coefficient (Wildman–Crippen LogP) is 2.42. The highest BCUT2D eigenvalue weighted by atomic mass is 16.5. The normalized spacial score (nSPS) is 14.9. The summed E-state index contributed by atoms with van der Waals surface area (Å²) in [4.78, 5) is 26.6. The van der Waals surface area contributed by atoms with E-state index in [0.29, 0.717) is 25.3 Å². The van der Waals surface area contributed by atoms with Crippen LogP contribution in [0, 0.1) is 6.92 Å². The molecule has 0 unspecified atom stereocenters. The molecule has 0 bridgehead atoms. The van der Waals surface area contributed by atoms with Gasteiger partial charge in [-0.25, -0.2) is 4.68 Å². The Labute approximate surface area is 159 Å². The molecule has 1 aromatic carbocycles. The van der Waals surface area contributed by atoms with Gasteiger partial charge in [0.1, 0.15) is 17.6 Å². The van der Waals surface area contributed by atoms with Gasteiger partial charge >= 0.3 is 0 Å². The number of hydrogen-bond donors (Lipinski definition) is 1. The molecule has 1 aliphatic heterocycles. The lowest BCUT2D eigenvalue weighted by atomic mass is 10.1. The Kier molecular flexibility index (Phi) is 5.48. The summed E-state index contributed by atoms with van der Waals surface area (Å²) in [7, 11) is 0. The van der Waals surface area contributed by atoms with Crippen molar-refractivity contribution in [3.63, 3.8) is 0 Å². The van der Waals surface area contributed by atoms with Crippen LogP contribution in [0.3, 0.4) is 0 Å². The fourth-order valence-electron chi connectivity index (χ4n) is 3.17. The maximum absolute atomic E-state index is 12.6. The molecule has 0 saturated carbocycles. The number of amides is 2. The van der Waals surface area contributed by atoms with E-state index < -0.39 is 6.04 Å². The van der Waals surface area contributed by atoms with Gasteiger partial charge in [-0.05, 0) is 45.4 Å². The van der Waals surface area contributed by atoms with Crippen molar-refractivity contribution in [1.82, 2.24) is 15.1 Å². The van der Waals surface area contributed by atoms with Crippen molar-refractivity contribution in [2.75, 3.05) is 4.90 Å². The van der Waals surface area contributed by atoms with Crippen LogP contribution in [0.2, 0.25) is 0 Å². The van der Waals surface area contributed by atoms with Gasteiger partial charge in [0.15, 0.2) is 0 Å². The van der Waals surface area contributed by atoms with E-state index in [0.717, 1.165) is 17.0 Å². The SMILES string of the molecule is Cc1cc2n(n1)CCC(=O)N2[C@H](C)C(=O)NCc1ccc(OC(C)C)cc1. The molecule has 3 rings (SSSR count). The van der Waals surface area contributed by atoms with Crippen LogP contribution in [0.25, 0.3) is 0 Å². The highest BCUT2D eigenvalue weighted by Crippen LogP contribution is 2.24. The van der Waals surface area contributed by atoms with Crippen LogP contribution in [0.4, 0.5) is 5.82 Å². The molecule has 7 heteroatoms. The van der Waals surface area contributed by atoms with E-state index >= 15 is 0 Å². The molecular formula is C20H26N4O3. The number of ether oxygens (including phenoxy) is 1. The van der Waals surface area contributed by atoms with E-state index in [1.807, 2.05) is 51.1 Å². The smallest absolute Gasteiger partial charge is 0.243 e. The summed E-state index contributed by atoms with van der Waals surface area (Å²) >= 11 is 0. The van der Waals surface area contributed by atoms with Gasteiger partial charge in [0, 0.05) is 19.0 Å².